The van der Waals surface area contributed by atoms with Crippen LogP contribution in [0.1, 0.15) is 46.5 Å². The molecule has 0 saturated heterocycles. The van der Waals surface area contributed by atoms with Crippen LogP contribution >= 0.6 is 23.2 Å². The van der Waals surface area contributed by atoms with Crippen LogP contribution in [0.25, 0.3) is 0 Å². The van der Waals surface area contributed by atoms with E-state index >= 15 is 0 Å². The number of aliphatic hydroxyl groups excluding tert-OH is 1. The van der Waals surface area contributed by atoms with Crippen LogP contribution in [0.15, 0.2) is 23.8 Å². The average molecular weight is 395 g/mol. The van der Waals surface area contributed by atoms with E-state index in [1.165, 1.54) is 0 Å². The Labute approximate surface area is 158 Å². The highest BCUT2D eigenvalue weighted by Crippen LogP contribution is 2.36. The van der Waals surface area contributed by atoms with E-state index in [-0.39, 0.29) is 23.8 Å². The summed E-state index contributed by atoms with van der Waals surface area (Å²) in [5.74, 6) is -0.0503. The number of Topliss-reactive ketones (excluding diaryl/α,β-unsaturated/α-hetero) is 1. The molecule has 0 saturated carbocycles. The molecule has 0 rings (SSSR count). The summed E-state index contributed by atoms with van der Waals surface area (Å²) >= 11 is 12.2. The van der Waals surface area contributed by atoms with Crippen molar-refractivity contribution in [3.8, 4) is 0 Å². The summed E-state index contributed by atoms with van der Waals surface area (Å²) in [6, 6.07) is 0. The lowest BCUT2D eigenvalue weighted by Crippen LogP contribution is -2.43. The first-order valence-corrected chi connectivity index (χ1v) is 12.1. The summed E-state index contributed by atoms with van der Waals surface area (Å²) in [4.78, 5) is 11.9. The zero-order valence-corrected chi connectivity index (χ0v) is 18.1. The van der Waals surface area contributed by atoms with Gasteiger partial charge in [-0.05, 0) is 31.0 Å². The number of ketones is 1. The van der Waals surface area contributed by atoms with E-state index in [4.69, 9.17) is 27.6 Å². The van der Waals surface area contributed by atoms with Gasteiger partial charge in [0, 0.05) is 17.9 Å². The molecule has 0 spiro atoms. The Hall–Kier alpha value is -0.133. The van der Waals surface area contributed by atoms with Crippen molar-refractivity contribution in [3.05, 3.63) is 23.8 Å². The van der Waals surface area contributed by atoms with Gasteiger partial charge in [-0.25, -0.2) is 0 Å². The largest absolute Gasteiger partial charge is 0.415 e. The molecule has 0 radical (unpaired) electrons. The molecule has 0 aliphatic heterocycles. The molecule has 6 heteroatoms. The Morgan fingerprint density at radius 3 is 2.42 bits per heavy atom. The summed E-state index contributed by atoms with van der Waals surface area (Å²) in [5, 5.41) is 10.3. The van der Waals surface area contributed by atoms with E-state index in [1.54, 1.807) is 6.08 Å². The molecule has 0 aromatic carbocycles. The summed E-state index contributed by atoms with van der Waals surface area (Å²) in [6.07, 6.45) is 4.17. The lowest BCUT2D eigenvalue weighted by atomic mass is 10.1. The fraction of sp³-hybridized carbons (Fsp3) is 0.722. The zero-order valence-electron chi connectivity index (χ0n) is 15.6. The molecule has 24 heavy (non-hydrogen) atoms. The van der Waals surface area contributed by atoms with Gasteiger partial charge in [-0.15, -0.1) is 18.2 Å². The number of aliphatic hydroxyl groups is 1. The smallest absolute Gasteiger partial charge is 0.192 e. The second-order valence-corrected chi connectivity index (χ2v) is 13.4. The molecule has 0 bridgehead atoms. The minimum atomic E-state index is -1.91. The van der Waals surface area contributed by atoms with Crippen LogP contribution < -0.4 is 0 Å². The number of hydrogen-bond donors (Lipinski definition) is 1. The number of carbonyl (C=O) groups excluding carboxylic acids is 1. The van der Waals surface area contributed by atoms with Crippen molar-refractivity contribution in [2.24, 2.45) is 0 Å². The maximum Gasteiger partial charge on any atom is 0.192 e. The molecule has 0 aliphatic rings. The normalized spacial score (nSPS) is 15.9. The Morgan fingerprint density at radius 1 is 1.33 bits per heavy atom. The van der Waals surface area contributed by atoms with Gasteiger partial charge in [-0.2, -0.15) is 0 Å². The van der Waals surface area contributed by atoms with Gasteiger partial charge in [-0.1, -0.05) is 44.5 Å². The maximum atomic E-state index is 11.9. The van der Waals surface area contributed by atoms with Crippen molar-refractivity contribution >= 4 is 37.3 Å². The summed E-state index contributed by atoms with van der Waals surface area (Å²) in [6.45, 7) is 14.6. The molecule has 0 aromatic rings. The molecule has 3 nitrogen and oxygen atoms in total. The van der Waals surface area contributed by atoms with Crippen molar-refractivity contribution in [2.45, 2.75) is 76.1 Å². The molecule has 0 fully saturated rings. The molecule has 0 unspecified atom stereocenters. The average Bonchev–Trinajstić information content (AvgIpc) is 2.47. The molecular formula is C18H32Cl2O3Si. The molecule has 0 aliphatic carbocycles. The van der Waals surface area contributed by atoms with E-state index in [9.17, 15) is 9.90 Å². The maximum absolute atomic E-state index is 11.9. The SMILES string of the molecule is C=CC/C=C(\Cl)CCC(=O)C[C@H](O)[C@H](Cl)CO[Si](C)(C)C(C)(C)C. The van der Waals surface area contributed by atoms with E-state index in [0.717, 1.165) is 0 Å². The highest BCUT2D eigenvalue weighted by atomic mass is 35.5. The monoisotopic (exact) mass is 394 g/mol. The van der Waals surface area contributed by atoms with Crippen LogP contribution in [0.4, 0.5) is 0 Å². The number of halogens is 2. The third-order valence-corrected chi connectivity index (χ3v) is 9.67. The summed E-state index contributed by atoms with van der Waals surface area (Å²) in [7, 11) is -1.91. The van der Waals surface area contributed by atoms with Crippen LogP contribution in [0.3, 0.4) is 0 Å². The standard InChI is InChI=1S/C18H32Cl2O3Si/c1-7-8-9-14(19)10-11-15(21)12-17(22)16(20)13-23-24(5,6)18(2,3)4/h7,9,16-17,22H,1,8,10-13H2,2-6H3/b14-9-/t16-,17+/m1/s1. The lowest BCUT2D eigenvalue weighted by molar-refractivity contribution is -0.120. The minimum Gasteiger partial charge on any atom is -0.415 e. The number of rotatable bonds is 11. The first kappa shape index (κ1) is 23.9. The molecule has 0 heterocycles. The zero-order chi connectivity index (χ0) is 19.0. The minimum absolute atomic E-state index is 0.0284. The Bertz CT molecular complexity index is 442. The second kappa shape index (κ2) is 10.8. The van der Waals surface area contributed by atoms with Crippen molar-refractivity contribution in [3.63, 3.8) is 0 Å². The van der Waals surface area contributed by atoms with Crippen molar-refractivity contribution < 1.29 is 14.3 Å². The van der Waals surface area contributed by atoms with E-state index < -0.39 is 19.8 Å². The molecule has 1 N–H and O–H groups in total. The number of carbonyl (C=O) groups is 1. The number of alkyl halides is 1. The van der Waals surface area contributed by atoms with Crippen LogP contribution in [-0.2, 0) is 9.22 Å². The van der Waals surface area contributed by atoms with E-state index in [1.807, 2.05) is 6.08 Å². The van der Waals surface area contributed by atoms with Gasteiger partial charge in [0.2, 0.25) is 0 Å². The predicted molar refractivity (Wildman–Crippen MR) is 106 cm³/mol. The van der Waals surface area contributed by atoms with Gasteiger partial charge < -0.3 is 9.53 Å². The number of hydrogen-bond acceptors (Lipinski definition) is 3. The molecule has 0 amide bonds. The highest BCUT2D eigenvalue weighted by molar-refractivity contribution is 6.74. The van der Waals surface area contributed by atoms with Gasteiger partial charge in [-0.3, -0.25) is 4.79 Å². The van der Waals surface area contributed by atoms with Gasteiger partial charge in [0.05, 0.1) is 18.1 Å². The van der Waals surface area contributed by atoms with Crippen molar-refractivity contribution in [2.75, 3.05) is 6.61 Å². The van der Waals surface area contributed by atoms with E-state index in [2.05, 4.69) is 40.4 Å². The number of allylic oxidation sites excluding steroid dienone is 3. The molecule has 2 atom stereocenters. The fourth-order valence-electron chi connectivity index (χ4n) is 1.65. The Kier molecular flexibility index (Phi) is 10.7. The lowest BCUT2D eigenvalue weighted by Gasteiger charge is -2.37. The van der Waals surface area contributed by atoms with Crippen LogP contribution in [0.5, 0.6) is 0 Å². The quantitative estimate of drug-likeness (QED) is 0.289. The van der Waals surface area contributed by atoms with Gasteiger partial charge in [0.25, 0.3) is 0 Å². The predicted octanol–water partition coefficient (Wildman–Crippen LogP) is 5.41. The van der Waals surface area contributed by atoms with Crippen molar-refractivity contribution in [1.82, 2.24) is 0 Å². The van der Waals surface area contributed by atoms with E-state index in [0.29, 0.717) is 24.3 Å². The Morgan fingerprint density at radius 2 is 1.92 bits per heavy atom. The molecule has 140 valence electrons. The third kappa shape index (κ3) is 9.38. The van der Waals surface area contributed by atoms with Crippen LogP contribution in [0, 0.1) is 0 Å². The highest BCUT2D eigenvalue weighted by Gasteiger charge is 2.38. The Balaban J connectivity index is 4.28. The topological polar surface area (TPSA) is 46.5 Å². The van der Waals surface area contributed by atoms with Crippen LogP contribution in [0.2, 0.25) is 18.1 Å². The molecular weight excluding hydrogens is 363 g/mol. The van der Waals surface area contributed by atoms with Crippen molar-refractivity contribution in [1.29, 1.82) is 0 Å². The fourth-order valence-corrected chi connectivity index (χ4v) is 3.12. The van der Waals surface area contributed by atoms with Crippen LogP contribution in [-0.4, -0.2) is 37.3 Å². The summed E-state index contributed by atoms with van der Waals surface area (Å²) < 4.78 is 6.00. The van der Waals surface area contributed by atoms with Gasteiger partial charge >= 0.3 is 0 Å². The molecule has 0 aromatic heterocycles. The second-order valence-electron chi connectivity index (χ2n) is 7.57. The first-order valence-electron chi connectivity index (χ1n) is 8.34. The third-order valence-electron chi connectivity index (χ3n) is 4.41. The summed E-state index contributed by atoms with van der Waals surface area (Å²) in [5.41, 5.74) is 0. The van der Waals surface area contributed by atoms with Gasteiger partial charge in [0.15, 0.2) is 8.32 Å². The first-order chi connectivity index (χ1) is 10.9. The van der Waals surface area contributed by atoms with Gasteiger partial charge in [0.1, 0.15) is 5.78 Å².